The van der Waals surface area contributed by atoms with Crippen LogP contribution in [0, 0.1) is 0 Å². The van der Waals surface area contributed by atoms with Crippen molar-refractivity contribution in [3.63, 3.8) is 0 Å². The summed E-state index contributed by atoms with van der Waals surface area (Å²) in [6.45, 7) is 3.78. The van der Waals surface area contributed by atoms with Gasteiger partial charge in [-0.2, -0.15) is 0 Å². The molecule has 92 valence electrons. The van der Waals surface area contributed by atoms with E-state index in [2.05, 4.69) is 16.8 Å². The number of hydrogen-bond acceptors (Lipinski definition) is 4. The highest BCUT2D eigenvalue weighted by molar-refractivity contribution is 5.92. The molecule has 0 atom stereocenters. The van der Waals surface area contributed by atoms with Crippen LogP contribution in [0.3, 0.4) is 0 Å². The Bertz CT molecular complexity index is 409. The molecule has 0 saturated carbocycles. The van der Waals surface area contributed by atoms with Crippen molar-refractivity contribution in [3.8, 4) is 0 Å². The number of carbonyl (C=O) groups is 1. The van der Waals surface area contributed by atoms with Crippen LogP contribution < -0.4 is 16.4 Å². The fourth-order valence-corrected chi connectivity index (χ4v) is 2.25. The topological polar surface area (TPSA) is 85.2 Å². The lowest BCUT2D eigenvalue weighted by atomic mass is 9.86. The van der Waals surface area contributed by atoms with Gasteiger partial charge in [-0.3, -0.25) is 4.79 Å². The van der Waals surface area contributed by atoms with Gasteiger partial charge in [0.05, 0.1) is 11.1 Å². The quantitative estimate of drug-likeness (QED) is 0.794. The molecule has 1 aliphatic rings. The average molecular weight is 234 g/mol. The Morgan fingerprint density at radius 1 is 1.53 bits per heavy atom. The largest absolute Gasteiger partial charge is 0.366 e. The van der Waals surface area contributed by atoms with E-state index in [1.165, 1.54) is 6.20 Å². The normalized spacial score (nSPS) is 17.6. The van der Waals surface area contributed by atoms with Gasteiger partial charge in [-0.25, -0.2) is 4.98 Å². The maximum absolute atomic E-state index is 10.9. The highest BCUT2D eigenvalue weighted by atomic mass is 16.1. The number of carbonyl (C=O) groups excluding carboxylic acids is 1. The number of rotatable bonds is 4. The maximum Gasteiger partial charge on any atom is 0.250 e. The number of pyridine rings is 1. The van der Waals surface area contributed by atoms with E-state index >= 15 is 0 Å². The summed E-state index contributed by atoms with van der Waals surface area (Å²) in [7, 11) is 0. The van der Waals surface area contributed by atoms with Gasteiger partial charge in [0.15, 0.2) is 0 Å². The van der Waals surface area contributed by atoms with E-state index in [9.17, 15) is 4.79 Å². The molecule has 1 aliphatic heterocycles. The Morgan fingerprint density at radius 2 is 2.24 bits per heavy atom. The molecule has 0 aromatic carbocycles. The summed E-state index contributed by atoms with van der Waals surface area (Å²) in [6, 6.07) is 3.51. The monoisotopic (exact) mass is 234 g/mol. The minimum atomic E-state index is -0.452. The maximum atomic E-state index is 10.9. The number of nitrogens with two attached hydrogens (primary N) is 2. The molecule has 0 bridgehead atoms. The Balaban J connectivity index is 1.99. The third kappa shape index (κ3) is 2.39. The summed E-state index contributed by atoms with van der Waals surface area (Å²) in [5.74, 6) is 0.402. The minimum Gasteiger partial charge on any atom is -0.366 e. The van der Waals surface area contributed by atoms with E-state index in [1.54, 1.807) is 6.07 Å². The molecule has 0 spiro atoms. The lowest BCUT2D eigenvalue weighted by Gasteiger charge is -2.48. The van der Waals surface area contributed by atoms with Crippen molar-refractivity contribution in [3.05, 3.63) is 23.9 Å². The molecule has 4 N–H and O–H groups in total. The third-order valence-corrected chi connectivity index (χ3v) is 3.12. The zero-order valence-corrected chi connectivity index (χ0v) is 10.0. The molecule has 1 fully saturated rings. The number of hydrogen-bond donors (Lipinski definition) is 2. The summed E-state index contributed by atoms with van der Waals surface area (Å²) in [5.41, 5.74) is 11.7. The summed E-state index contributed by atoms with van der Waals surface area (Å²) in [4.78, 5) is 17.2. The first-order chi connectivity index (χ1) is 8.04. The summed E-state index contributed by atoms with van der Waals surface area (Å²) < 4.78 is 0. The van der Waals surface area contributed by atoms with Gasteiger partial charge >= 0.3 is 0 Å². The number of anilines is 1. The molecule has 5 nitrogen and oxygen atoms in total. The van der Waals surface area contributed by atoms with Gasteiger partial charge in [-0.05, 0) is 18.6 Å². The van der Waals surface area contributed by atoms with Gasteiger partial charge < -0.3 is 16.4 Å². The SMILES string of the molecule is CCCC1(N)CN(c2ccc(C(N)=O)cn2)C1. The lowest BCUT2D eigenvalue weighted by Crippen LogP contribution is -2.67. The molecule has 2 rings (SSSR count). The zero-order valence-electron chi connectivity index (χ0n) is 10.0. The van der Waals surface area contributed by atoms with Crippen LogP contribution in [0.5, 0.6) is 0 Å². The average Bonchev–Trinajstić information content (AvgIpc) is 2.26. The fraction of sp³-hybridized carbons (Fsp3) is 0.500. The minimum absolute atomic E-state index is 0.0706. The molecule has 0 aliphatic carbocycles. The predicted octanol–water partition coefficient (Wildman–Crippen LogP) is 0.498. The Hall–Kier alpha value is -1.62. The zero-order chi connectivity index (χ0) is 12.5. The van der Waals surface area contributed by atoms with Crippen LogP contribution in [0.2, 0.25) is 0 Å². The van der Waals surface area contributed by atoms with Crippen LogP contribution in [0.15, 0.2) is 18.3 Å². The van der Waals surface area contributed by atoms with Gasteiger partial charge in [0.1, 0.15) is 5.82 Å². The Labute approximate surface area is 101 Å². The molecule has 0 radical (unpaired) electrons. The second-order valence-electron chi connectivity index (χ2n) is 4.74. The van der Waals surface area contributed by atoms with Crippen LogP contribution >= 0.6 is 0 Å². The summed E-state index contributed by atoms with van der Waals surface area (Å²) >= 11 is 0. The molecule has 2 heterocycles. The van der Waals surface area contributed by atoms with Crippen LogP contribution in [-0.4, -0.2) is 29.5 Å². The van der Waals surface area contributed by atoms with Crippen molar-refractivity contribution in [1.82, 2.24) is 4.98 Å². The number of nitrogens with zero attached hydrogens (tertiary/aromatic N) is 2. The Kier molecular flexibility index (Phi) is 3.02. The van der Waals surface area contributed by atoms with Crippen molar-refractivity contribution in [2.75, 3.05) is 18.0 Å². The van der Waals surface area contributed by atoms with E-state index in [4.69, 9.17) is 11.5 Å². The van der Waals surface area contributed by atoms with Gasteiger partial charge in [0, 0.05) is 19.3 Å². The van der Waals surface area contributed by atoms with Crippen LogP contribution in [0.4, 0.5) is 5.82 Å². The summed E-state index contributed by atoms with van der Waals surface area (Å²) in [6.07, 6.45) is 3.63. The standard InChI is InChI=1S/C12H18N4O/c1-2-5-12(14)7-16(8-12)10-4-3-9(6-15-10)11(13)17/h3-4,6H,2,5,7-8,14H2,1H3,(H2,13,17). The smallest absolute Gasteiger partial charge is 0.250 e. The van der Waals surface area contributed by atoms with Gasteiger partial charge in [0.2, 0.25) is 5.91 Å². The van der Waals surface area contributed by atoms with E-state index in [0.717, 1.165) is 31.7 Å². The number of amides is 1. The van der Waals surface area contributed by atoms with E-state index < -0.39 is 5.91 Å². The van der Waals surface area contributed by atoms with Crippen molar-refractivity contribution < 1.29 is 4.79 Å². The van der Waals surface area contributed by atoms with Crippen LogP contribution in [0.25, 0.3) is 0 Å². The van der Waals surface area contributed by atoms with E-state index in [1.807, 2.05) is 6.07 Å². The second-order valence-corrected chi connectivity index (χ2v) is 4.74. The third-order valence-electron chi connectivity index (χ3n) is 3.12. The highest BCUT2D eigenvalue weighted by Gasteiger charge is 2.38. The molecular formula is C12H18N4O. The molecule has 17 heavy (non-hydrogen) atoms. The first-order valence-corrected chi connectivity index (χ1v) is 5.84. The predicted molar refractivity (Wildman–Crippen MR) is 66.8 cm³/mol. The molecule has 1 amide bonds. The molecule has 1 aromatic rings. The highest BCUT2D eigenvalue weighted by Crippen LogP contribution is 2.27. The van der Waals surface area contributed by atoms with E-state index in [-0.39, 0.29) is 5.54 Å². The molecule has 1 saturated heterocycles. The first kappa shape index (κ1) is 11.9. The van der Waals surface area contributed by atoms with Crippen LogP contribution in [-0.2, 0) is 0 Å². The first-order valence-electron chi connectivity index (χ1n) is 5.84. The van der Waals surface area contributed by atoms with Crippen molar-refractivity contribution in [1.29, 1.82) is 0 Å². The Morgan fingerprint density at radius 3 is 2.71 bits per heavy atom. The van der Waals surface area contributed by atoms with Gasteiger partial charge in [-0.1, -0.05) is 13.3 Å². The fourth-order valence-electron chi connectivity index (χ4n) is 2.25. The van der Waals surface area contributed by atoms with Crippen molar-refractivity contribution >= 4 is 11.7 Å². The lowest BCUT2D eigenvalue weighted by molar-refractivity contribution is 0.1000. The number of primary amides is 1. The number of aromatic nitrogens is 1. The van der Waals surface area contributed by atoms with Gasteiger partial charge in [-0.15, -0.1) is 0 Å². The van der Waals surface area contributed by atoms with Crippen molar-refractivity contribution in [2.24, 2.45) is 11.5 Å². The molecule has 0 unspecified atom stereocenters. The van der Waals surface area contributed by atoms with Crippen LogP contribution in [0.1, 0.15) is 30.1 Å². The van der Waals surface area contributed by atoms with Crippen molar-refractivity contribution in [2.45, 2.75) is 25.3 Å². The molecule has 5 heteroatoms. The summed E-state index contributed by atoms with van der Waals surface area (Å²) in [5, 5.41) is 0. The molecule has 1 aromatic heterocycles. The van der Waals surface area contributed by atoms with Gasteiger partial charge in [0.25, 0.3) is 0 Å². The second kappa shape index (κ2) is 4.33. The van der Waals surface area contributed by atoms with E-state index in [0.29, 0.717) is 5.56 Å². The molecular weight excluding hydrogens is 216 g/mol.